The number of aromatic amines is 1. The van der Waals surface area contributed by atoms with E-state index in [4.69, 9.17) is 14.2 Å². The summed E-state index contributed by atoms with van der Waals surface area (Å²) in [4.78, 5) is 6.43. The fourth-order valence-corrected chi connectivity index (χ4v) is 5.82. The van der Waals surface area contributed by atoms with Crippen LogP contribution < -0.4 is 14.2 Å². The smallest absolute Gasteiger partial charge is 0.231 e. The Morgan fingerprint density at radius 3 is 2.66 bits per heavy atom. The number of aromatic nitrogens is 1. The molecule has 32 heavy (non-hydrogen) atoms. The van der Waals surface area contributed by atoms with Gasteiger partial charge in [0.05, 0.1) is 13.2 Å². The van der Waals surface area contributed by atoms with Crippen molar-refractivity contribution < 1.29 is 14.2 Å². The first-order valence-corrected chi connectivity index (χ1v) is 11.2. The number of ether oxygens (including phenoxy) is 3. The lowest BCUT2D eigenvalue weighted by Crippen LogP contribution is -2.43. The molecule has 2 atom stereocenters. The highest BCUT2D eigenvalue weighted by Gasteiger charge is 2.41. The van der Waals surface area contributed by atoms with Gasteiger partial charge in [-0.3, -0.25) is 4.90 Å². The van der Waals surface area contributed by atoms with Gasteiger partial charge >= 0.3 is 0 Å². The highest BCUT2D eigenvalue weighted by molar-refractivity contribution is 5.85. The van der Waals surface area contributed by atoms with Gasteiger partial charge in [0.1, 0.15) is 5.75 Å². The van der Waals surface area contributed by atoms with Crippen LogP contribution in [-0.2, 0) is 12.8 Å². The second-order valence-electron chi connectivity index (χ2n) is 8.85. The number of hydrogen-bond donors (Lipinski definition) is 1. The molecule has 0 saturated carbocycles. The lowest BCUT2D eigenvalue weighted by Gasteiger charge is -2.46. The Labute approximate surface area is 186 Å². The van der Waals surface area contributed by atoms with E-state index in [2.05, 4.69) is 70.5 Å². The minimum absolute atomic E-state index is 0.167. The molecule has 4 heterocycles. The van der Waals surface area contributed by atoms with Crippen LogP contribution in [0.4, 0.5) is 0 Å². The quantitative estimate of drug-likeness (QED) is 0.483. The zero-order valence-electron chi connectivity index (χ0n) is 17.9. The second-order valence-corrected chi connectivity index (χ2v) is 8.85. The Morgan fingerprint density at radius 1 is 1.00 bits per heavy atom. The SMILES string of the molecule is COc1ccc([C@H]2c3[nH]c4ccccc4c3CC3c4cc5c(cc4CCN32)OCO5)cc1. The second kappa shape index (κ2) is 6.78. The van der Waals surface area contributed by atoms with Crippen LogP contribution in [0.1, 0.15) is 40.0 Å². The number of benzene rings is 3. The van der Waals surface area contributed by atoms with Crippen LogP contribution in [0.5, 0.6) is 17.2 Å². The summed E-state index contributed by atoms with van der Waals surface area (Å²) in [6.07, 6.45) is 1.99. The highest BCUT2D eigenvalue weighted by atomic mass is 16.7. The molecule has 1 aromatic heterocycles. The highest BCUT2D eigenvalue weighted by Crippen LogP contribution is 2.50. The minimum Gasteiger partial charge on any atom is -0.497 e. The molecule has 3 aromatic carbocycles. The Bertz CT molecular complexity index is 1340. The number of fused-ring (bicyclic) bond motifs is 7. The van der Waals surface area contributed by atoms with Gasteiger partial charge in [-0.15, -0.1) is 0 Å². The first kappa shape index (κ1) is 18.2. The zero-order chi connectivity index (χ0) is 21.2. The molecule has 0 aliphatic carbocycles. The molecule has 5 nitrogen and oxygen atoms in total. The number of rotatable bonds is 2. The largest absolute Gasteiger partial charge is 0.497 e. The minimum atomic E-state index is 0.167. The molecule has 3 aliphatic rings. The monoisotopic (exact) mass is 424 g/mol. The van der Waals surface area contributed by atoms with Gasteiger partial charge in [-0.05, 0) is 65.4 Å². The van der Waals surface area contributed by atoms with Crippen LogP contribution in [0.3, 0.4) is 0 Å². The van der Waals surface area contributed by atoms with E-state index in [0.29, 0.717) is 12.8 Å². The summed E-state index contributed by atoms with van der Waals surface area (Å²) in [5, 5.41) is 1.33. The van der Waals surface area contributed by atoms with Crippen molar-refractivity contribution in [3.05, 3.63) is 88.6 Å². The molecular weight excluding hydrogens is 400 g/mol. The maximum atomic E-state index is 5.75. The average Bonchev–Trinajstić information content (AvgIpc) is 3.45. The van der Waals surface area contributed by atoms with Gasteiger partial charge in [0.25, 0.3) is 0 Å². The van der Waals surface area contributed by atoms with Crippen molar-refractivity contribution in [3.8, 4) is 17.2 Å². The van der Waals surface area contributed by atoms with Crippen molar-refractivity contribution in [2.24, 2.45) is 0 Å². The van der Waals surface area contributed by atoms with Gasteiger partial charge < -0.3 is 19.2 Å². The number of H-pyrrole nitrogens is 1. The maximum absolute atomic E-state index is 5.75. The molecule has 160 valence electrons. The van der Waals surface area contributed by atoms with Crippen LogP contribution in [0.15, 0.2) is 60.7 Å². The maximum Gasteiger partial charge on any atom is 0.231 e. The van der Waals surface area contributed by atoms with Crippen molar-refractivity contribution in [1.82, 2.24) is 9.88 Å². The van der Waals surface area contributed by atoms with Crippen molar-refractivity contribution in [2.45, 2.75) is 24.9 Å². The Morgan fingerprint density at radius 2 is 1.81 bits per heavy atom. The van der Waals surface area contributed by atoms with Crippen LogP contribution >= 0.6 is 0 Å². The number of hydrogen-bond acceptors (Lipinski definition) is 4. The van der Waals surface area contributed by atoms with E-state index in [9.17, 15) is 0 Å². The zero-order valence-corrected chi connectivity index (χ0v) is 17.9. The fraction of sp³-hybridized carbons (Fsp3) is 0.259. The fourth-order valence-electron chi connectivity index (χ4n) is 5.82. The number of nitrogens with one attached hydrogen (secondary N) is 1. The van der Waals surface area contributed by atoms with Crippen molar-refractivity contribution in [2.75, 3.05) is 20.4 Å². The molecule has 0 bridgehead atoms. The predicted octanol–water partition coefficient (Wildman–Crippen LogP) is 5.15. The van der Waals surface area contributed by atoms with Crippen LogP contribution in [0.25, 0.3) is 10.9 Å². The van der Waals surface area contributed by atoms with E-state index in [1.165, 1.54) is 38.9 Å². The summed E-state index contributed by atoms with van der Waals surface area (Å²) in [5.41, 5.74) is 7.99. The summed E-state index contributed by atoms with van der Waals surface area (Å²) in [6.45, 7) is 1.32. The molecule has 7 rings (SSSR count). The summed E-state index contributed by atoms with van der Waals surface area (Å²) in [6, 6.07) is 22.1. The van der Waals surface area contributed by atoms with Gasteiger partial charge in [0, 0.05) is 29.2 Å². The van der Waals surface area contributed by atoms with E-state index < -0.39 is 0 Å². The first-order valence-electron chi connectivity index (χ1n) is 11.2. The first-order chi connectivity index (χ1) is 15.8. The molecule has 3 aliphatic heterocycles. The van der Waals surface area contributed by atoms with E-state index in [1.807, 2.05) is 0 Å². The molecule has 0 spiro atoms. The summed E-state index contributed by atoms with van der Waals surface area (Å²) >= 11 is 0. The van der Waals surface area contributed by atoms with E-state index in [-0.39, 0.29) is 6.04 Å². The number of methoxy groups -OCH3 is 1. The van der Waals surface area contributed by atoms with Gasteiger partial charge in [0.15, 0.2) is 11.5 Å². The molecule has 0 fully saturated rings. The third-order valence-electron chi connectivity index (χ3n) is 7.31. The van der Waals surface area contributed by atoms with Crippen LogP contribution in [-0.4, -0.2) is 30.3 Å². The lowest BCUT2D eigenvalue weighted by molar-refractivity contribution is 0.127. The average molecular weight is 425 g/mol. The van der Waals surface area contributed by atoms with E-state index in [1.54, 1.807) is 7.11 Å². The lowest BCUT2D eigenvalue weighted by atomic mass is 9.80. The molecule has 1 N–H and O–H groups in total. The molecule has 0 amide bonds. The van der Waals surface area contributed by atoms with Crippen molar-refractivity contribution in [1.29, 1.82) is 0 Å². The molecule has 1 unspecified atom stereocenters. The normalized spacial score (nSPS) is 21.2. The molecule has 5 heteroatoms. The van der Waals surface area contributed by atoms with Gasteiger partial charge in [-0.1, -0.05) is 30.3 Å². The van der Waals surface area contributed by atoms with Gasteiger partial charge in [-0.2, -0.15) is 0 Å². The Balaban J connectivity index is 1.43. The third kappa shape index (κ3) is 2.55. The molecule has 0 radical (unpaired) electrons. The third-order valence-corrected chi connectivity index (χ3v) is 7.31. The van der Waals surface area contributed by atoms with Gasteiger partial charge in [0.2, 0.25) is 6.79 Å². The molecule has 4 aromatic rings. The van der Waals surface area contributed by atoms with E-state index in [0.717, 1.165) is 36.6 Å². The van der Waals surface area contributed by atoms with Crippen molar-refractivity contribution >= 4 is 10.9 Å². The topological polar surface area (TPSA) is 46.7 Å². The number of nitrogens with zero attached hydrogens (tertiary/aromatic N) is 1. The summed E-state index contributed by atoms with van der Waals surface area (Å²) < 4.78 is 16.8. The molecule has 0 saturated heterocycles. The summed E-state index contributed by atoms with van der Waals surface area (Å²) in [5.74, 6) is 2.64. The van der Waals surface area contributed by atoms with Gasteiger partial charge in [-0.25, -0.2) is 0 Å². The van der Waals surface area contributed by atoms with E-state index >= 15 is 0 Å². The van der Waals surface area contributed by atoms with Crippen LogP contribution in [0, 0.1) is 0 Å². The standard InChI is InChI=1S/C27H24N2O3/c1-30-18-8-6-16(7-9-18)27-26-21(19-4-2-3-5-22(19)28-26)13-23-20-14-25-24(31-15-32-25)12-17(20)10-11-29(23)27/h2-9,12,14,23,27-28H,10-11,13,15H2,1H3/t23?,27-/m0/s1. The Kier molecular flexibility index (Phi) is 3.85. The summed E-state index contributed by atoms with van der Waals surface area (Å²) in [7, 11) is 1.72. The van der Waals surface area contributed by atoms with Crippen molar-refractivity contribution in [3.63, 3.8) is 0 Å². The van der Waals surface area contributed by atoms with Crippen LogP contribution in [0.2, 0.25) is 0 Å². The predicted molar refractivity (Wildman–Crippen MR) is 123 cm³/mol. The molecular formula is C27H24N2O3. The number of para-hydroxylation sites is 1. The Hall–Kier alpha value is -3.44.